The van der Waals surface area contributed by atoms with Crippen molar-refractivity contribution >= 4 is 23.7 Å². The molecule has 0 aliphatic heterocycles. The predicted octanol–water partition coefficient (Wildman–Crippen LogP) is 4.71. The Balaban J connectivity index is 2.11. The lowest BCUT2D eigenvalue weighted by molar-refractivity contribution is -0.148. The Bertz CT molecular complexity index is 999. The molecule has 1 N–H and O–H groups in total. The van der Waals surface area contributed by atoms with Gasteiger partial charge in [0.15, 0.2) is 5.78 Å². The number of hydrogen-bond donors (Lipinski definition) is 1. The number of carbonyl (C=O) groups is 3. The molecule has 2 aromatic carbocycles. The Morgan fingerprint density at radius 2 is 1.45 bits per heavy atom. The molecule has 0 radical (unpaired) electrons. The van der Waals surface area contributed by atoms with Crippen LogP contribution in [-0.2, 0) is 9.53 Å². The van der Waals surface area contributed by atoms with E-state index in [2.05, 4.69) is 5.32 Å². The van der Waals surface area contributed by atoms with Gasteiger partial charge in [-0.3, -0.25) is 9.59 Å². The Morgan fingerprint density at radius 1 is 0.903 bits per heavy atom. The molecule has 5 nitrogen and oxygen atoms in total. The molecular weight excluding hydrogens is 404 g/mol. The zero-order valence-corrected chi connectivity index (χ0v) is 18.1. The van der Waals surface area contributed by atoms with Gasteiger partial charge in [0.1, 0.15) is 22.8 Å². The molecule has 7 heteroatoms. The molecule has 0 fully saturated rings. The van der Waals surface area contributed by atoms with Crippen molar-refractivity contribution in [1.29, 1.82) is 0 Å². The van der Waals surface area contributed by atoms with Crippen molar-refractivity contribution in [3.8, 4) is 0 Å². The molecule has 0 bridgehead atoms. The van der Waals surface area contributed by atoms with Crippen molar-refractivity contribution in [3.63, 3.8) is 0 Å². The van der Waals surface area contributed by atoms with Crippen molar-refractivity contribution in [2.75, 3.05) is 0 Å². The first kappa shape index (κ1) is 23.9. The van der Waals surface area contributed by atoms with Crippen LogP contribution < -0.4 is 5.32 Å². The summed E-state index contributed by atoms with van der Waals surface area (Å²) in [7, 11) is 0. The summed E-state index contributed by atoms with van der Waals surface area (Å²) in [6.45, 7) is 8.19. The van der Waals surface area contributed by atoms with Crippen molar-refractivity contribution in [2.24, 2.45) is 0 Å². The quantitative estimate of drug-likeness (QED) is 0.410. The van der Waals surface area contributed by atoms with Gasteiger partial charge in [-0.2, -0.15) is 0 Å². The molecule has 2 rings (SSSR count). The highest BCUT2D eigenvalue weighted by atomic mass is 19.1. The Hall–Kier alpha value is -3.35. The monoisotopic (exact) mass is 429 g/mol. The van der Waals surface area contributed by atoms with Crippen LogP contribution in [0.2, 0.25) is 0 Å². The SMILES string of the molecule is CC(C)(C)OC(=O)/C=C/c1ccc(C(=O)C(C)(C)NC(=O)c2c(F)cccc2F)cc1. The van der Waals surface area contributed by atoms with Crippen molar-refractivity contribution in [1.82, 2.24) is 5.32 Å². The van der Waals surface area contributed by atoms with Gasteiger partial charge < -0.3 is 10.1 Å². The Labute approximate surface area is 180 Å². The van der Waals surface area contributed by atoms with E-state index in [4.69, 9.17) is 4.74 Å². The number of carbonyl (C=O) groups excluding carboxylic acids is 3. The van der Waals surface area contributed by atoms with Crippen LogP contribution in [0.25, 0.3) is 6.08 Å². The van der Waals surface area contributed by atoms with E-state index in [1.54, 1.807) is 39.0 Å². The fraction of sp³-hybridized carbons (Fsp3) is 0.292. The van der Waals surface area contributed by atoms with E-state index < -0.39 is 46.0 Å². The zero-order chi connectivity index (χ0) is 23.4. The van der Waals surface area contributed by atoms with Crippen LogP contribution in [0, 0.1) is 11.6 Å². The van der Waals surface area contributed by atoms with Gasteiger partial charge in [-0.1, -0.05) is 30.3 Å². The molecule has 0 saturated heterocycles. The van der Waals surface area contributed by atoms with Crippen molar-refractivity contribution < 1.29 is 27.9 Å². The molecule has 0 unspecified atom stereocenters. The summed E-state index contributed by atoms with van der Waals surface area (Å²) in [5.41, 5.74) is -1.81. The summed E-state index contributed by atoms with van der Waals surface area (Å²) in [5, 5.41) is 2.39. The topological polar surface area (TPSA) is 72.5 Å². The van der Waals surface area contributed by atoms with E-state index >= 15 is 0 Å². The Morgan fingerprint density at radius 3 is 1.97 bits per heavy atom. The maximum Gasteiger partial charge on any atom is 0.331 e. The highest BCUT2D eigenvalue weighted by Gasteiger charge is 2.32. The van der Waals surface area contributed by atoms with Crippen molar-refractivity contribution in [3.05, 3.63) is 76.9 Å². The van der Waals surface area contributed by atoms with E-state index in [1.165, 1.54) is 32.1 Å². The average molecular weight is 429 g/mol. The molecule has 0 aliphatic rings. The highest BCUT2D eigenvalue weighted by molar-refractivity contribution is 6.06. The molecule has 1 amide bonds. The minimum Gasteiger partial charge on any atom is -0.457 e. The maximum absolute atomic E-state index is 13.8. The minimum absolute atomic E-state index is 0.286. The van der Waals surface area contributed by atoms with E-state index in [0.717, 1.165) is 18.2 Å². The molecule has 2 aromatic rings. The first-order valence-corrected chi connectivity index (χ1v) is 9.62. The molecule has 0 atom stereocenters. The number of ether oxygens (including phenoxy) is 1. The maximum atomic E-state index is 13.8. The van der Waals surface area contributed by atoms with E-state index in [9.17, 15) is 23.2 Å². The third-order valence-corrected chi connectivity index (χ3v) is 4.18. The summed E-state index contributed by atoms with van der Waals surface area (Å²) in [6, 6.07) is 9.41. The van der Waals surface area contributed by atoms with Crippen LogP contribution in [-0.4, -0.2) is 28.8 Å². The molecule has 164 valence electrons. The number of rotatable bonds is 6. The lowest BCUT2D eigenvalue weighted by atomic mass is 9.92. The standard InChI is InChI=1S/C24H25F2NO4/c1-23(2,3)31-19(28)14-11-15-9-12-16(13-10-15)21(29)24(4,5)27-22(30)20-17(25)7-6-8-18(20)26/h6-14H,1-5H3,(H,27,30)/b14-11+. The molecule has 0 heterocycles. The van der Waals surface area contributed by atoms with Crippen LogP contribution in [0.5, 0.6) is 0 Å². The average Bonchev–Trinajstić information content (AvgIpc) is 2.64. The van der Waals surface area contributed by atoms with Gasteiger partial charge >= 0.3 is 5.97 Å². The van der Waals surface area contributed by atoms with E-state index in [1.807, 2.05) is 0 Å². The number of benzene rings is 2. The zero-order valence-electron chi connectivity index (χ0n) is 18.1. The van der Waals surface area contributed by atoms with Gasteiger partial charge in [0, 0.05) is 11.6 Å². The van der Waals surface area contributed by atoms with Crippen molar-refractivity contribution in [2.45, 2.75) is 45.8 Å². The van der Waals surface area contributed by atoms with Gasteiger partial charge in [0.2, 0.25) is 0 Å². The smallest absolute Gasteiger partial charge is 0.331 e. The normalized spacial score (nSPS) is 12.0. The first-order valence-electron chi connectivity index (χ1n) is 9.62. The van der Waals surface area contributed by atoms with Crippen LogP contribution >= 0.6 is 0 Å². The van der Waals surface area contributed by atoms with Gasteiger partial charge in [0.05, 0.1) is 5.54 Å². The summed E-state index contributed by atoms with van der Waals surface area (Å²) in [5.74, 6) is -3.98. The molecule has 0 saturated carbocycles. The minimum atomic E-state index is -1.42. The number of ketones is 1. The fourth-order valence-corrected chi connectivity index (χ4v) is 2.72. The summed E-state index contributed by atoms with van der Waals surface area (Å²) in [6.07, 6.45) is 2.84. The van der Waals surface area contributed by atoms with Gasteiger partial charge in [0.25, 0.3) is 5.91 Å². The molecular formula is C24H25F2NO4. The number of hydrogen-bond acceptors (Lipinski definition) is 4. The molecule has 0 spiro atoms. The fourth-order valence-electron chi connectivity index (χ4n) is 2.72. The second-order valence-corrected chi connectivity index (χ2v) is 8.49. The number of halogens is 2. The largest absolute Gasteiger partial charge is 0.457 e. The number of nitrogens with one attached hydrogen (secondary N) is 1. The summed E-state index contributed by atoms with van der Waals surface area (Å²) in [4.78, 5) is 36.9. The molecule has 0 aromatic heterocycles. The highest BCUT2D eigenvalue weighted by Crippen LogP contribution is 2.18. The van der Waals surface area contributed by atoms with Gasteiger partial charge in [-0.15, -0.1) is 0 Å². The van der Waals surface area contributed by atoms with Crippen LogP contribution in [0.1, 0.15) is 60.9 Å². The number of esters is 1. The van der Waals surface area contributed by atoms with Gasteiger partial charge in [-0.05, 0) is 58.4 Å². The molecule has 0 aliphatic carbocycles. The third-order valence-electron chi connectivity index (χ3n) is 4.18. The predicted molar refractivity (Wildman–Crippen MR) is 114 cm³/mol. The Kier molecular flexibility index (Phi) is 7.10. The third kappa shape index (κ3) is 6.57. The van der Waals surface area contributed by atoms with Crippen LogP contribution in [0.3, 0.4) is 0 Å². The van der Waals surface area contributed by atoms with E-state index in [-0.39, 0.29) is 5.56 Å². The number of amides is 1. The van der Waals surface area contributed by atoms with Gasteiger partial charge in [-0.25, -0.2) is 13.6 Å². The number of Topliss-reactive ketones (excluding diaryl/α,β-unsaturated/α-hetero) is 1. The van der Waals surface area contributed by atoms with Crippen LogP contribution in [0.15, 0.2) is 48.5 Å². The van der Waals surface area contributed by atoms with Crippen LogP contribution in [0.4, 0.5) is 8.78 Å². The summed E-state index contributed by atoms with van der Waals surface area (Å²) >= 11 is 0. The second-order valence-electron chi connectivity index (χ2n) is 8.49. The summed E-state index contributed by atoms with van der Waals surface area (Å²) < 4.78 is 32.9. The lowest BCUT2D eigenvalue weighted by Crippen LogP contribution is -2.50. The first-order chi connectivity index (χ1) is 14.3. The lowest BCUT2D eigenvalue weighted by Gasteiger charge is -2.25. The second kappa shape index (κ2) is 9.20. The molecule has 31 heavy (non-hydrogen) atoms. The van der Waals surface area contributed by atoms with E-state index in [0.29, 0.717) is 5.56 Å².